The number of aliphatic hydroxyl groups excluding tert-OH is 1. The van der Waals surface area contributed by atoms with Gasteiger partial charge in [0.15, 0.2) is 12.2 Å². The minimum Gasteiger partial charge on any atom is -0.462 e. The number of allylic oxidation sites excluding steroid dienone is 4. The maximum Gasteiger partial charge on any atom is 0.472 e. The van der Waals surface area contributed by atoms with Crippen molar-refractivity contribution in [3.05, 3.63) is 24.3 Å². The fraction of sp³-hybridized carbons (Fsp3) is 0.905. The molecule has 0 radical (unpaired) electrons. The molecule has 0 saturated carbocycles. The van der Waals surface area contributed by atoms with Gasteiger partial charge in [0.25, 0.3) is 0 Å². The maximum atomic E-state index is 13.1. The first-order chi connectivity index (χ1) is 50.2. The third-order valence-electron chi connectivity index (χ3n) is 19.2. The van der Waals surface area contributed by atoms with E-state index in [4.69, 9.17) is 37.0 Å². The van der Waals surface area contributed by atoms with E-state index < -0.39 is 97.5 Å². The van der Waals surface area contributed by atoms with Gasteiger partial charge in [-0.25, -0.2) is 9.13 Å². The van der Waals surface area contributed by atoms with E-state index in [0.29, 0.717) is 25.7 Å². The lowest BCUT2D eigenvalue weighted by atomic mass is 10.0. The summed E-state index contributed by atoms with van der Waals surface area (Å²) in [6, 6.07) is 0. The summed E-state index contributed by atoms with van der Waals surface area (Å²) in [5.41, 5.74) is 0. The molecule has 19 heteroatoms. The van der Waals surface area contributed by atoms with Crippen LogP contribution in [-0.2, 0) is 65.4 Å². The minimum absolute atomic E-state index is 0.0855. The van der Waals surface area contributed by atoms with Crippen LogP contribution in [-0.4, -0.2) is 96.7 Å². The molecule has 608 valence electrons. The highest BCUT2D eigenvalue weighted by atomic mass is 31.2. The van der Waals surface area contributed by atoms with Gasteiger partial charge in [-0.3, -0.25) is 37.3 Å². The Morgan fingerprint density at radius 1 is 0.272 bits per heavy atom. The zero-order valence-electron chi connectivity index (χ0n) is 66.8. The van der Waals surface area contributed by atoms with E-state index in [9.17, 15) is 43.2 Å². The van der Waals surface area contributed by atoms with Crippen molar-refractivity contribution in [1.29, 1.82) is 0 Å². The SMILES string of the molecule is CCCCCC/C=C\C=C/CCCCCCCC(=O)O[C@H](COC(=O)CCCCCCCCCC)COP(=O)(O)OC[C@H](O)COP(=O)(O)OC[C@@H](COC(=O)CCCCCCCCCCCCCCCCCCCCCC)OC(=O)CCCCCCCCCCCCCCCCCCCCCC. The van der Waals surface area contributed by atoms with E-state index in [1.807, 2.05) is 0 Å². The van der Waals surface area contributed by atoms with E-state index in [2.05, 4.69) is 52.0 Å². The Morgan fingerprint density at radius 3 is 0.709 bits per heavy atom. The summed E-state index contributed by atoms with van der Waals surface area (Å²) in [7, 11) is -9.93. The molecule has 0 saturated heterocycles. The van der Waals surface area contributed by atoms with Gasteiger partial charge in [-0.05, 0) is 51.4 Å². The number of hydrogen-bond acceptors (Lipinski definition) is 15. The van der Waals surface area contributed by atoms with Gasteiger partial charge < -0.3 is 33.8 Å². The summed E-state index contributed by atoms with van der Waals surface area (Å²) < 4.78 is 68.7. The molecule has 0 aromatic carbocycles. The second-order valence-corrected chi connectivity index (χ2v) is 32.4. The summed E-state index contributed by atoms with van der Waals surface area (Å²) in [6.45, 7) is 4.94. The second-order valence-electron chi connectivity index (χ2n) is 29.5. The van der Waals surface area contributed by atoms with Crippen LogP contribution in [0.4, 0.5) is 0 Å². The largest absolute Gasteiger partial charge is 0.472 e. The fourth-order valence-corrected chi connectivity index (χ4v) is 14.2. The third-order valence-corrected chi connectivity index (χ3v) is 21.1. The number of esters is 4. The van der Waals surface area contributed by atoms with Gasteiger partial charge in [0, 0.05) is 25.7 Å². The van der Waals surface area contributed by atoms with Crippen LogP contribution in [0.2, 0.25) is 0 Å². The second kappa shape index (κ2) is 77.7. The van der Waals surface area contributed by atoms with Crippen LogP contribution in [0.25, 0.3) is 0 Å². The molecule has 17 nitrogen and oxygen atoms in total. The molecule has 0 fully saturated rings. The first-order valence-electron chi connectivity index (χ1n) is 43.1. The molecule has 0 spiro atoms. The van der Waals surface area contributed by atoms with Crippen molar-refractivity contribution in [3.63, 3.8) is 0 Å². The molecule has 0 rings (SSSR count). The van der Waals surface area contributed by atoms with Gasteiger partial charge in [0.2, 0.25) is 0 Å². The Morgan fingerprint density at radius 2 is 0.466 bits per heavy atom. The fourth-order valence-electron chi connectivity index (χ4n) is 12.6. The molecule has 0 bridgehead atoms. The van der Waals surface area contributed by atoms with Crippen LogP contribution >= 0.6 is 15.6 Å². The highest BCUT2D eigenvalue weighted by Crippen LogP contribution is 2.45. The number of phosphoric acid groups is 2. The zero-order chi connectivity index (χ0) is 75.3. The lowest BCUT2D eigenvalue weighted by Gasteiger charge is -2.21. The van der Waals surface area contributed by atoms with Crippen LogP contribution in [0.15, 0.2) is 24.3 Å². The minimum atomic E-state index is -4.97. The average Bonchev–Trinajstić information content (AvgIpc) is 0.919. The van der Waals surface area contributed by atoms with Gasteiger partial charge in [-0.2, -0.15) is 0 Å². The molecule has 5 atom stereocenters. The van der Waals surface area contributed by atoms with Crippen molar-refractivity contribution in [2.75, 3.05) is 39.6 Å². The molecule has 0 aromatic heterocycles. The Balaban J connectivity index is 5.21. The van der Waals surface area contributed by atoms with E-state index in [0.717, 1.165) is 109 Å². The zero-order valence-corrected chi connectivity index (χ0v) is 68.6. The van der Waals surface area contributed by atoms with Gasteiger partial charge >= 0.3 is 39.5 Å². The molecule has 0 aromatic rings. The number of aliphatic hydroxyl groups is 1. The van der Waals surface area contributed by atoms with Crippen molar-refractivity contribution >= 4 is 39.5 Å². The normalized spacial score (nSPS) is 13.9. The summed E-state index contributed by atoms with van der Waals surface area (Å²) in [4.78, 5) is 73.0. The van der Waals surface area contributed by atoms with E-state index in [1.54, 1.807) is 0 Å². The van der Waals surface area contributed by atoms with Crippen LogP contribution in [0.5, 0.6) is 0 Å². The number of hydrogen-bond donors (Lipinski definition) is 3. The first-order valence-corrected chi connectivity index (χ1v) is 46.1. The lowest BCUT2D eigenvalue weighted by Crippen LogP contribution is -2.30. The van der Waals surface area contributed by atoms with Crippen LogP contribution < -0.4 is 0 Å². The quantitative estimate of drug-likeness (QED) is 0.0169. The van der Waals surface area contributed by atoms with Crippen LogP contribution in [0.1, 0.15) is 432 Å². The smallest absolute Gasteiger partial charge is 0.462 e. The summed E-state index contributed by atoms with van der Waals surface area (Å²) in [6.07, 6.45) is 74.6. The van der Waals surface area contributed by atoms with E-state index in [-0.39, 0.29) is 25.7 Å². The standard InChI is InChI=1S/C84H160O17P2/c1-5-9-13-17-21-25-28-31-34-36-38-40-42-45-47-50-53-57-61-65-69-82(87)95-75-80(101-84(89)71-67-63-59-55-52-49-46-43-41-39-37-35-32-29-26-22-18-14-10-6-2)77-99-103(92,93)97-73-78(85)72-96-102(90,91)98-76-79(74-94-81(86)68-64-60-56-24-20-16-12-8-4)100-83(88)70-66-62-58-54-51-48-44-33-30-27-23-19-15-11-7-3/h27,30,33,44,78-80,85H,5-26,28-29,31-32,34-43,45-77H2,1-4H3,(H,90,91)(H,92,93)/b30-27-,44-33-/t78-,79+,80+/m0/s1. The number of carbonyl (C=O) groups excluding carboxylic acids is 4. The highest BCUT2D eigenvalue weighted by molar-refractivity contribution is 7.47. The number of carbonyl (C=O) groups is 4. The number of phosphoric ester groups is 2. The van der Waals surface area contributed by atoms with Gasteiger partial charge in [-0.1, -0.05) is 379 Å². The number of rotatable bonds is 83. The van der Waals surface area contributed by atoms with Crippen molar-refractivity contribution in [2.45, 2.75) is 451 Å². The number of ether oxygens (including phenoxy) is 4. The summed E-state index contributed by atoms with van der Waals surface area (Å²) in [5, 5.41) is 10.6. The van der Waals surface area contributed by atoms with E-state index in [1.165, 1.54) is 244 Å². The molecule has 0 aliphatic carbocycles. The molecule has 0 amide bonds. The Bertz CT molecular complexity index is 2040. The summed E-state index contributed by atoms with van der Waals surface area (Å²) in [5.74, 6) is -2.14. The van der Waals surface area contributed by atoms with Crippen LogP contribution in [0.3, 0.4) is 0 Å². The first kappa shape index (κ1) is 101. The third kappa shape index (κ3) is 77.5. The van der Waals surface area contributed by atoms with E-state index >= 15 is 0 Å². The Labute approximate surface area is 631 Å². The predicted molar refractivity (Wildman–Crippen MR) is 423 cm³/mol. The lowest BCUT2D eigenvalue weighted by molar-refractivity contribution is -0.161. The molecular weight excluding hydrogens is 1340 g/mol. The highest BCUT2D eigenvalue weighted by Gasteiger charge is 2.30. The summed E-state index contributed by atoms with van der Waals surface area (Å²) >= 11 is 0. The van der Waals surface area contributed by atoms with Crippen molar-refractivity contribution in [3.8, 4) is 0 Å². The van der Waals surface area contributed by atoms with Gasteiger partial charge in [0.1, 0.15) is 19.3 Å². The number of unbranched alkanes of at least 4 members (excludes halogenated alkanes) is 54. The molecule has 103 heavy (non-hydrogen) atoms. The molecule has 2 unspecified atom stereocenters. The molecule has 0 heterocycles. The molecular formula is C84H160O17P2. The maximum absolute atomic E-state index is 13.1. The van der Waals surface area contributed by atoms with Crippen molar-refractivity contribution < 1.29 is 80.2 Å². The van der Waals surface area contributed by atoms with Crippen molar-refractivity contribution in [1.82, 2.24) is 0 Å². The average molecular weight is 1500 g/mol. The van der Waals surface area contributed by atoms with Crippen molar-refractivity contribution in [2.24, 2.45) is 0 Å². The van der Waals surface area contributed by atoms with Crippen LogP contribution in [0, 0.1) is 0 Å². The topological polar surface area (TPSA) is 237 Å². The Kier molecular flexibility index (Phi) is 75.8. The molecule has 0 aliphatic rings. The molecule has 0 aliphatic heterocycles. The van der Waals surface area contributed by atoms with Gasteiger partial charge in [-0.15, -0.1) is 0 Å². The predicted octanol–water partition coefficient (Wildman–Crippen LogP) is 25.3. The van der Waals surface area contributed by atoms with Gasteiger partial charge in [0.05, 0.1) is 26.4 Å². The Hall–Kier alpha value is -2.46. The monoisotopic (exact) mass is 1500 g/mol. The molecule has 3 N–H and O–H groups in total.